The zero-order valence-electron chi connectivity index (χ0n) is 16.6. The highest BCUT2D eigenvalue weighted by Gasteiger charge is 2.09. The van der Waals surface area contributed by atoms with Crippen molar-refractivity contribution in [1.82, 2.24) is 0 Å². The molecule has 0 saturated carbocycles. The van der Waals surface area contributed by atoms with E-state index in [4.69, 9.17) is 5.11 Å². The van der Waals surface area contributed by atoms with Gasteiger partial charge in [0.15, 0.2) is 0 Å². The van der Waals surface area contributed by atoms with Gasteiger partial charge in [0.25, 0.3) is 0 Å². The van der Waals surface area contributed by atoms with E-state index in [1.807, 2.05) is 0 Å². The molecule has 0 heterocycles. The average Bonchev–Trinajstić information content (AvgIpc) is 2.53. The zero-order chi connectivity index (χ0) is 17.9. The van der Waals surface area contributed by atoms with Gasteiger partial charge in [-0.05, 0) is 19.8 Å². The molecule has 2 unspecified atom stereocenters. The first kappa shape index (κ1) is 24.3. The van der Waals surface area contributed by atoms with Crippen LogP contribution < -0.4 is 0 Å². The first-order chi connectivity index (χ1) is 11.7. The molecule has 2 nitrogen and oxygen atoms in total. The smallest absolute Gasteiger partial charge is 0.131 e. The molecule has 1 N–H and O–H groups in total. The van der Waals surface area contributed by atoms with Crippen LogP contribution in [0.1, 0.15) is 117 Å². The Hall–Kier alpha value is 0.270. The molecule has 0 rings (SSSR count). The van der Waals surface area contributed by atoms with Gasteiger partial charge in [-0.3, -0.25) is 0 Å². The number of rotatable bonds is 19. The van der Waals surface area contributed by atoms with Crippen molar-refractivity contribution >= 4 is 11.2 Å². The van der Waals surface area contributed by atoms with Gasteiger partial charge < -0.3 is 9.66 Å². The molecule has 0 saturated heterocycles. The topological polar surface area (TPSA) is 43.3 Å². The third-order valence-corrected chi connectivity index (χ3v) is 6.25. The fraction of sp³-hybridized carbons (Fsp3) is 1.00. The van der Waals surface area contributed by atoms with Crippen molar-refractivity contribution in [1.29, 1.82) is 0 Å². The maximum absolute atomic E-state index is 11.6. The van der Waals surface area contributed by atoms with Crippen molar-refractivity contribution in [2.24, 2.45) is 0 Å². The number of hydrogen-bond donors (Lipinski definition) is 1. The van der Waals surface area contributed by atoms with Gasteiger partial charge in [0.05, 0.1) is 6.10 Å². The number of unbranched alkanes of at least 4 members (excludes halogenated alkanes) is 15. The van der Waals surface area contributed by atoms with E-state index in [1.165, 1.54) is 96.3 Å². The van der Waals surface area contributed by atoms with Crippen LogP contribution in [0.15, 0.2) is 0 Å². The van der Waals surface area contributed by atoms with Gasteiger partial charge in [0.1, 0.15) is 11.5 Å². The van der Waals surface area contributed by atoms with E-state index in [0.29, 0.717) is 5.75 Å². The van der Waals surface area contributed by atoms with Crippen LogP contribution >= 0.6 is 0 Å². The summed E-state index contributed by atoms with van der Waals surface area (Å²) in [6.07, 6.45) is 21.5. The fourth-order valence-electron chi connectivity index (χ4n) is 3.16. The molecule has 146 valence electrons. The van der Waals surface area contributed by atoms with Gasteiger partial charge in [0.2, 0.25) is 0 Å². The summed E-state index contributed by atoms with van der Waals surface area (Å²) in [4.78, 5) is 0. The molecule has 0 aromatic carbocycles. The normalized spacial score (nSPS) is 14.0. The molecule has 0 radical (unpaired) electrons. The van der Waals surface area contributed by atoms with E-state index >= 15 is 0 Å². The van der Waals surface area contributed by atoms with Crippen LogP contribution in [-0.2, 0) is 11.2 Å². The standard InChI is InChI=1S/C21H44O2S/c1-3-4-5-6-7-8-9-10-11-12-13-14-15-16-17-18-19-24(23)20-21(2)22/h21-22H,3-20H2,1-2H3. The van der Waals surface area contributed by atoms with Crippen molar-refractivity contribution in [3.8, 4) is 0 Å². The Bertz CT molecular complexity index is 234. The summed E-state index contributed by atoms with van der Waals surface area (Å²) in [6, 6.07) is 0. The Balaban J connectivity index is 3.05. The van der Waals surface area contributed by atoms with E-state index in [1.54, 1.807) is 6.92 Å². The summed E-state index contributed by atoms with van der Waals surface area (Å²) in [6.45, 7) is 3.99. The van der Waals surface area contributed by atoms with Crippen molar-refractivity contribution in [2.75, 3.05) is 11.5 Å². The molecule has 3 heteroatoms. The van der Waals surface area contributed by atoms with Gasteiger partial charge in [-0.2, -0.15) is 0 Å². The Kier molecular flexibility index (Phi) is 19.8. The highest BCUT2D eigenvalue weighted by Crippen LogP contribution is 2.14. The molecule has 0 aliphatic rings. The maximum atomic E-state index is 11.6. The third-order valence-electron chi connectivity index (χ3n) is 4.65. The van der Waals surface area contributed by atoms with Crippen LogP contribution in [0.4, 0.5) is 0 Å². The second kappa shape index (κ2) is 19.6. The van der Waals surface area contributed by atoms with Gasteiger partial charge in [0, 0.05) is 0 Å². The lowest BCUT2D eigenvalue weighted by Crippen LogP contribution is -2.20. The lowest BCUT2D eigenvalue weighted by Gasteiger charge is -2.12. The molecule has 0 aromatic rings. The Morgan fingerprint density at radius 3 is 1.33 bits per heavy atom. The Morgan fingerprint density at radius 2 is 1.00 bits per heavy atom. The van der Waals surface area contributed by atoms with Crippen LogP contribution in [-0.4, -0.2) is 27.3 Å². The summed E-state index contributed by atoms with van der Waals surface area (Å²) in [5.41, 5.74) is 0. The summed E-state index contributed by atoms with van der Waals surface area (Å²) in [5.74, 6) is 1.21. The molecule has 0 amide bonds. The van der Waals surface area contributed by atoms with E-state index in [0.717, 1.165) is 12.2 Å². The first-order valence-corrected chi connectivity index (χ1v) is 12.2. The van der Waals surface area contributed by atoms with Crippen LogP contribution in [0.5, 0.6) is 0 Å². The molecule has 0 spiro atoms. The number of aliphatic hydroxyl groups is 1. The predicted octanol–water partition coefficient (Wildman–Crippen LogP) is 6.38. The van der Waals surface area contributed by atoms with E-state index in [-0.39, 0.29) is 0 Å². The average molecular weight is 361 g/mol. The lowest BCUT2D eigenvalue weighted by molar-refractivity contribution is 0.218. The highest BCUT2D eigenvalue weighted by molar-refractivity contribution is 7.91. The summed E-state index contributed by atoms with van der Waals surface area (Å²) < 4.78 is 11.6. The zero-order valence-corrected chi connectivity index (χ0v) is 17.4. The molecular formula is C21H44O2S. The third kappa shape index (κ3) is 20.3. The quantitative estimate of drug-likeness (QED) is 0.214. The Morgan fingerprint density at radius 1 is 0.667 bits per heavy atom. The van der Waals surface area contributed by atoms with Crippen molar-refractivity contribution in [3.63, 3.8) is 0 Å². The van der Waals surface area contributed by atoms with Gasteiger partial charge in [-0.25, -0.2) is 0 Å². The van der Waals surface area contributed by atoms with Crippen LogP contribution in [0, 0.1) is 0 Å². The van der Waals surface area contributed by atoms with E-state index in [9.17, 15) is 4.55 Å². The lowest BCUT2D eigenvalue weighted by atomic mass is 10.0. The molecule has 0 aromatic heterocycles. The second-order valence-corrected chi connectivity index (χ2v) is 9.08. The highest BCUT2D eigenvalue weighted by atomic mass is 32.2. The van der Waals surface area contributed by atoms with Crippen LogP contribution in [0.2, 0.25) is 0 Å². The van der Waals surface area contributed by atoms with Crippen LogP contribution in [0.25, 0.3) is 0 Å². The summed E-state index contributed by atoms with van der Waals surface area (Å²) >= 11 is -0.818. The van der Waals surface area contributed by atoms with Crippen molar-refractivity contribution in [3.05, 3.63) is 0 Å². The minimum absolute atomic E-state index is 0.424. The van der Waals surface area contributed by atoms with Gasteiger partial charge in [-0.15, -0.1) is 0 Å². The van der Waals surface area contributed by atoms with Crippen molar-refractivity contribution in [2.45, 2.75) is 123 Å². The van der Waals surface area contributed by atoms with Gasteiger partial charge >= 0.3 is 0 Å². The predicted molar refractivity (Wildman–Crippen MR) is 109 cm³/mol. The SMILES string of the molecule is CCCCCCCCCCCCCCCCCC[S+]([O-])CC(C)O. The minimum atomic E-state index is -0.818. The number of hydrogen-bond acceptors (Lipinski definition) is 2. The number of aliphatic hydroxyl groups excluding tert-OH is 1. The largest absolute Gasteiger partial charge is 0.616 e. The van der Waals surface area contributed by atoms with E-state index in [2.05, 4.69) is 6.92 Å². The minimum Gasteiger partial charge on any atom is -0.616 e. The molecule has 0 aliphatic heterocycles. The van der Waals surface area contributed by atoms with Gasteiger partial charge in [-0.1, -0.05) is 108 Å². The molecular weight excluding hydrogens is 316 g/mol. The Labute approximate surface area is 155 Å². The summed E-state index contributed by atoms with van der Waals surface area (Å²) in [7, 11) is 0. The second-order valence-electron chi connectivity index (χ2n) is 7.46. The fourth-order valence-corrected chi connectivity index (χ4v) is 4.39. The monoisotopic (exact) mass is 360 g/mol. The molecule has 0 fully saturated rings. The molecule has 2 atom stereocenters. The van der Waals surface area contributed by atoms with E-state index < -0.39 is 17.3 Å². The molecule has 0 bridgehead atoms. The molecule has 0 aliphatic carbocycles. The van der Waals surface area contributed by atoms with Crippen LogP contribution in [0.3, 0.4) is 0 Å². The maximum Gasteiger partial charge on any atom is 0.131 e. The molecule has 24 heavy (non-hydrogen) atoms. The first-order valence-electron chi connectivity index (χ1n) is 10.7. The summed E-state index contributed by atoms with van der Waals surface area (Å²) in [5, 5.41) is 9.16. The van der Waals surface area contributed by atoms with Crippen molar-refractivity contribution < 1.29 is 9.66 Å².